The van der Waals surface area contributed by atoms with E-state index in [1.54, 1.807) is 0 Å². The molecule has 0 saturated carbocycles. The van der Waals surface area contributed by atoms with Crippen LogP contribution >= 0.6 is 0 Å². The zero-order chi connectivity index (χ0) is 11.5. The van der Waals surface area contributed by atoms with E-state index in [-0.39, 0.29) is 6.04 Å². The van der Waals surface area contributed by atoms with E-state index in [4.69, 9.17) is 5.84 Å². The van der Waals surface area contributed by atoms with Crippen LogP contribution in [-0.4, -0.2) is 9.61 Å². The van der Waals surface area contributed by atoms with Crippen LogP contribution < -0.4 is 11.3 Å². The van der Waals surface area contributed by atoms with Crippen molar-refractivity contribution in [3.05, 3.63) is 47.8 Å². The van der Waals surface area contributed by atoms with Gasteiger partial charge in [-0.2, -0.15) is 5.10 Å². The Kier molecular flexibility index (Phi) is 3.03. The summed E-state index contributed by atoms with van der Waals surface area (Å²) < 4.78 is 1.85. The van der Waals surface area contributed by atoms with Crippen LogP contribution in [0.15, 0.2) is 42.2 Å². The predicted molar refractivity (Wildman–Crippen MR) is 64.7 cm³/mol. The Hall–Kier alpha value is -1.65. The lowest BCUT2D eigenvalue weighted by atomic mass is 10.1. The van der Waals surface area contributed by atoms with E-state index >= 15 is 0 Å². The number of nitrogens with two attached hydrogens (primary N) is 1. The highest BCUT2D eigenvalue weighted by Gasteiger charge is 2.11. The largest absolute Gasteiger partial charge is 0.271 e. The lowest BCUT2D eigenvalue weighted by Crippen LogP contribution is -2.26. The van der Waals surface area contributed by atoms with Crippen LogP contribution in [0.1, 0.15) is 25.5 Å². The summed E-state index contributed by atoms with van der Waals surface area (Å²) in [6, 6.07) is 5.99. The van der Waals surface area contributed by atoms with Crippen LogP contribution in [0.25, 0.3) is 5.52 Å². The van der Waals surface area contributed by atoms with Crippen molar-refractivity contribution in [1.82, 2.24) is 15.0 Å². The van der Waals surface area contributed by atoms with Gasteiger partial charge in [-0.1, -0.05) is 17.7 Å². The Morgan fingerprint density at radius 1 is 1.50 bits per heavy atom. The Balaban J connectivity index is 2.49. The molecule has 0 amide bonds. The van der Waals surface area contributed by atoms with Crippen molar-refractivity contribution in [3.63, 3.8) is 0 Å². The number of hydrogen-bond acceptors (Lipinski definition) is 3. The van der Waals surface area contributed by atoms with Crippen LogP contribution in [-0.2, 0) is 0 Å². The normalized spacial score (nSPS) is 12.7. The number of nitrogens with zero attached hydrogens (tertiary/aromatic N) is 2. The second kappa shape index (κ2) is 4.47. The molecule has 0 fully saturated rings. The number of rotatable bonds is 3. The Morgan fingerprint density at radius 3 is 3.00 bits per heavy atom. The molecule has 0 bridgehead atoms. The van der Waals surface area contributed by atoms with Gasteiger partial charge in [0.25, 0.3) is 0 Å². The maximum atomic E-state index is 5.57. The molecule has 3 N–H and O–H groups in total. The molecule has 0 aliphatic rings. The summed E-state index contributed by atoms with van der Waals surface area (Å²) in [5.41, 5.74) is 6.18. The third-order valence-corrected chi connectivity index (χ3v) is 2.47. The highest BCUT2D eigenvalue weighted by Crippen LogP contribution is 2.20. The lowest BCUT2D eigenvalue weighted by molar-refractivity contribution is 0.656. The third-order valence-electron chi connectivity index (χ3n) is 2.47. The number of hydrazine groups is 1. The maximum Gasteiger partial charge on any atom is 0.0713 e. The second-order valence-corrected chi connectivity index (χ2v) is 4.02. The SMILES string of the molecule is CC(C)=CC(NN)c1cnn2ccccc12. The van der Waals surface area contributed by atoms with E-state index in [1.165, 1.54) is 5.57 Å². The van der Waals surface area contributed by atoms with E-state index in [0.29, 0.717) is 0 Å². The number of nitrogens with one attached hydrogen (secondary N) is 1. The number of hydrogen-bond donors (Lipinski definition) is 2. The van der Waals surface area contributed by atoms with Gasteiger partial charge in [-0.25, -0.2) is 9.94 Å². The van der Waals surface area contributed by atoms with Gasteiger partial charge < -0.3 is 0 Å². The standard InChI is InChI=1S/C12H16N4/c1-9(2)7-11(15-13)10-8-14-16-6-4-3-5-12(10)16/h3-8,11,15H,13H2,1-2H3. The topological polar surface area (TPSA) is 55.3 Å². The summed E-state index contributed by atoms with van der Waals surface area (Å²) in [4.78, 5) is 0. The van der Waals surface area contributed by atoms with Crippen LogP contribution in [0.4, 0.5) is 0 Å². The summed E-state index contributed by atoms with van der Waals surface area (Å²) >= 11 is 0. The zero-order valence-corrected chi connectivity index (χ0v) is 9.51. The van der Waals surface area contributed by atoms with Crippen molar-refractivity contribution in [1.29, 1.82) is 0 Å². The molecule has 0 aliphatic carbocycles. The number of pyridine rings is 1. The van der Waals surface area contributed by atoms with E-state index in [2.05, 4.69) is 30.4 Å². The van der Waals surface area contributed by atoms with Crippen molar-refractivity contribution >= 4 is 5.52 Å². The van der Waals surface area contributed by atoms with Crippen LogP contribution in [0.3, 0.4) is 0 Å². The second-order valence-electron chi connectivity index (χ2n) is 4.02. The minimum Gasteiger partial charge on any atom is -0.271 e. The maximum absolute atomic E-state index is 5.57. The van der Waals surface area contributed by atoms with Gasteiger partial charge in [0.1, 0.15) is 0 Å². The molecule has 4 heteroatoms. The lowest BCUT2D eigenvalue weighted by Gasteiger charge is -2.10. The van der Waals surface area contributed by atoms with E-state index in [1.807, 2.05) is 35.1 Å². The monoisotopic (exact) mass is 216 g/mol. The highest BCUT2D eigenvalue weighted by molar-refractivity contribution is 5.55. The van der Waals surface area contributed by atoms with Crippen molar-refractivity contribution in [2.45, 2.75) is 19.9 Å². The number of fused-ring (bicyclic) bond motifs is 1. The molecule has 0 aliphatic heterocycles. The summed E-state index contributed by atoms with van der Waals surface area (Å²) in [5, 5.41) is 4.29. The molecular weight excluding hydrogens is 200 g/mol. The molecule has 1 unspecified atom stereocenters. The zero-order valence-electron chi connectivity index (χ0n) is 9.51. The molecule has 1 atom stereocenters. The van der Waals surface area contributed by atoms with Gasteiger partial charge in [-0.15, -0.1) is 0 Å². The molecule has 4 nitrogen and oxygen atoms in total. The number of allylic oxidation sites excluding steroid dienone is 1. The first-order valence-electron chi connectivity index (χ1n) is 5.26. The Morgan fingerprint density at radius 2 is 2.31 bits per heavy atom. The fourth-order valence-corrected chi connectivity index (χ4v) is 1.75. The fraction of sp³-hybridized carbons (Fsp3) is 0.250. The van der Waals surface area contributed by atoms with Gasteiger partial charge in [-0.05, 0) is 26.0 Å². The fourth-order valence-electron chi connectivity index (χ4n) is 1.75. The molecule has 2 aromatic rings. The van der Waals surface area contributed by atoms with Crippen molar-refractivity contribution in [3.8, 4) is 0 Å². The van der Waals surface area contributed by atoms with Crippen molar-refractivity contribution in [2.24, 2.45) is 5.84 Å². The smallest absolute Gasteiger partial charge is 0.0713 e. The quantitative estimate of drug-likeness (QED) is 0.467. The molecule has 84 valence electrons. The third kappa shape index (κ3) is 1.98. The summed E-state index contributed by atoms with van der Waals surface area (Å²) in [5.74, 6) is 5.57. The Labute approximate surface area is 94.7 Å². The van der Waals surface area contributed by atoms with Crippen molar-refractivity contribution < 1.29 is 0 Å². The summed E-state index contributed by atoms with van der Waals surface area (Å²) in [6.07, 6.45) is 5.86. The van der Waals surface area contributed by atoms with E-state index < -0.39 is 0 Å². The van der Waals surface area contributed by atoms with Crippen LogP contribution in [0.5, 0.6) is 0 Å². The van der Waals surface area contributed by atoms with Gasteiger partial charge in [0, 0.05) is 11.8 Å². The first-order valence-corrected chi connectivity index (χ1v) is 5.26. The van der Waals surface area contributed by atoms with Gasteiger partial charge in [0.15, 0.2) is 0 Å². The predicted octanol–water partition coefficient (Wildman–Crippen LogP) is 1.80. The molecule has 2 heterocycles. The molecular formula is C12H16N4. The minimum atomic E-state index is 0.00454. The molecule has 2 rings (SSSR count). The molecule has 0 radical (unpaired) electrons. The Bertz CT molecular complexity index is 508. The first-order chi connectivity index (χ1) is 7.72. The van der Waals surface area contributed by atoms with Gasteiger partial charge in [-0.3, -0.25) is 5.84 Å². The van der Waals surface area contributed by atoms with Crippen LogP contribution in [0, 0.1) is 0 Å². The summed E-state index contributed by atoms with van der Waals surface area (Å²) in [7, 11) is 0. The molecule has 0 saturated heterocycles. The molecule has 16 heavy (non-hydrogen) atoms. The molecule has 0 aromatic carbocycles. The van der Waals surface area contributed by atoms with Crippen molar-refractivity contribution in [2.75, 3.05) is 0 Å². The van der Waals surface area contributed by atoms with E-state index in [0.717, 1.165) is 11.1 Å². The minimum absolute atomic E-state index is 0.00454. The number of aromatic nitrogens is 2. The first kappa shape index (κ1) is 10.9. The van der Waals surface area contributed by atoms with Gasteiger partial charge in [0.2, 0.25) is 0 Å². The summed E-state index contributed by atoms with van der Waals surface area (Å²) in [6.45, 7) is 4.10. The van der Waals surface area contributed by atoms with E-state index in [9.17, 15) is 0 Å². The van der Waals surface area contributed by atoms with Crippen LogP contribution in [0.2, 0.25) is 0 Å². The highest BCUT2D eigenvalue weighted by atomic mass is 15.2. The van der Waals surface area contributed by atoms with Gasteiger partial charge >= 0.3 is 0 Å². The molecule has 2 aromatic heterocycles. The average molecular weight is 216 g/mol. The average Bonchev–Trinajstić information content (AvgIpc) is 2.69. The van der Waals surface area contributed by atoms with Gasteiger partial charge in [0.05, 0.1) is 17.8 Å². The molecule has 0 spiro atoms.